The van der Waals surface area contributed by atoms with Crippen LogP contribution >= 0.6 is 0 Å². The predicted molar refractivity (Wildman–Crippen MR) is 152 cm³/mol. The standard InChI is InChI=1S/C26H39N9O6/c1-13(2)21(28)24(39)33-17(8-5-9-31-26(29)30)22(37)34-18(23(38)35-19(25(40)41)11-20(27)36)10-14-12-32-16-7-4-3-6-15(14)16/h3-4,6-7,12-13,17-19,21,32H,5,8-11,28H2,1-2H3,(H2,27,36)(H,33,39)(H,34,37)(H,35,38)(H,40,41)(H4,29,30,31). The molecule has 15 nitrogen and oxygen atoms in total. The smallest absolute Gasteiger partial charge is 0.326 e. The summed E-state index contributed by atoms with van der Waals surface area (Å²) in [5, 5.41) is 17.8. The zero-order valence-electron chi connectivity index (χ0n) is 23.1. The molecule has 0 saturated carbocycles. The van der Waals surface area contributed by atoms with E-state index in [1.807, 2.05) is 18.2 Å². The summed E-state index contributed by atoms with van der Waals surface area (Å²) in [5.41, 5.74) is 23.3. The van der Waals surface area contributed by atoms with Crippen molar-refractivity contribution >= 4 is 46.5 Å². The number of carboxylic acid groups (broad SMARTS) is 1. The summed E-state index contributed by atoms with van der Waals surface area (Å²) >= 11 is 0. The fraction of sp³-hybridized carbons (Fsp3) is 0.462. The number of nitrogens with one attached hydrogen (secondary N) is 4. The number of H-pyrrole nitrogens is 1. The average Bonchev–Trinajstić information content (AvgIpc) is 3.31. The normalized spacial score (nSPS) is 14.0. The van der Waals surface area contributed by atoms with Crippen molar-refractivity contribution in [1.29, 1.82) is 0 Å². The minimum absolute atomic E-state index is 0.0370. The van der Waals surface area contributed by atoms with Crippen LogP contribution in [0.5, 0.6) is 0 Å². The van der Waals surface area contributed by atoms with Gasteiger partial charge in [0.15, 0.2) is 5.96 Å². The highest BCUT2D eigenvalue weighted by atomic mass is 16.4. The van der Waals surface area contributed by atoms with Gasteiger partial charge in [-0.05, 0) is 30.4 Å². The van der Waals surface area contributed by atoms with E-state index in [0.29, 0.717) is 12.0 Å². The van der Waals surface area contributed by atoms with Gasteiger partial charge in [0.05, 0.1) is 12.5 Å². The van der Waals surface area contributed by atoms with E-state index in [2.05, 4.69) is 25.9 Å². The molecule has 4 amide bonds. The van der Waals surface area contributed by atoms with E-state index in [-0.39, 0.29) is 31.3 Å². The summed E-state index contributed by atoms with van der Waals surface area (Å²) in [6, 6.07) is 2.40. The summed E-state index contributed by atoms with van der Waals surface area (Å²) in [4.78, 5) is 69.5. The molecule has 0 bridgehead atoms. The lowest BCUT2D eigenvalue weighted by atomic mass is 10.0. The molecule has 4 unspecified atom stereocenters. The van der Waals surface area contributed by atoms with Gasteiger partial charge >= 0.3 is 5.97 Å². The highest BCUT2D eigenvalue weighted by molar-refractivity contribution is 5.95. The maximum absolute atomic E-state index is 13.5. The molecule has 224 valence electrons. The SMILES string of the molecule is CC(C)C(N)C(=O)NC(CCCN=C(N)N)C(=O)NC(Cc1c[nH]c2ccccc12)C(=O)NC(CC(N)=O)C(=O)O. The molecule has 2 aromatic rings. The molecule has 0 aliphatic heterocycles. The van der Waals surface area contributed by atoms with Crippen molar-refractivity contribution < 1.29 is 29.1 Å². The van der Waals surface area contributed by atoms with Crippen LogP contribution in [0.25, 0.3) is 10.9 Å². The lowest BCUT2D eigenvalue weighted by molar-refractivity contribution is -0.143. The first kappa shape index (κ1) is 32.6. The lowest BCUT2D eigenvalue weighted by Crippen LogP contribution is -2.58. The van der Waals surface area contributed by atoms with Crippen LogP contribution in [0, 0.1) is 5.92 Å². The summed E-state index contributed by atoms with van der Waals surface area (Å²) in [6.07, 6.45) is 1.41. The molecule has 2 rings (SSSR count). The molecule has 0 saturated heterocycles. The molecule has 4 atom stereocenters. The quantitative estimate of drug-likeness (QED) is 0.0619. The number of aliphatic imine (C=N–C) groups is 1. The number of nitrogens with two attached hydrogens (primary N) is 4. The third-order valence-electron chi connectivity index (χ3n) is 6.35. The first-order valence-electron chi connectivity index (χ1n) is 13.1. The van der Waals surface area contributed by atoms with Crippen LogP contribution in [0.2, 0.25) is 0 Å². The maximum atomic E-state index is 13.5. The molecule has 15 heteroatoms. The number of hydrogen-bond donors (Lipinski definition) is 9. The molecular weight excluding hydrogens is 534 g/mol. The number of primary amides is 1. The minimum Gasteiger partial charge on any atom is -0.480 e. The molecule has 0 aliphatic rings. The van der Waals surface area contributed by atoms with Gasteiger partial charge in [-0.2, -0.15) is 0 Å². The van der Waals surface area contributed by atoms with Crippen molar-refractivity contribution in [1.82, 2.24) is 20.9 Å². The third-order valence-corrected chi connectivity index (χ3v) is 6.35. The predicted octanol–water partition coefficient (Wildman–Crippen LogP) is -1.84. The molecule has 0 spiro atoms. The molecule has 1 aromatic carbocycles. The van der Waals surface area contributed by atoms with Crippen molar-refractivity contribution in [3.63, 3.8) is 0 Å². The van der Waals surface area contributed by atoms with Crippen molar-refractivity contribution in [3.05, 3.63) is 36.0 Å². The van der Waals surface area contributed by atoms with Gasteiger partial charge in [0, 0.05) is 30.1 Å². The van der Waals surface area contributed by atoms with E-state index in [9.17, 15) is 29.1 Å². The Morgan fingerprint density at radius 1 is 0.927 bits per heavy atom. The van der Waals surface area contributed by atoms with Crippen LogP contribution in [0.15, 0.2) is 35.5 Å². The summed E-state index contributed by atoms with van der Waals surface area (Å²) in [7, 11) is 0. The van der Waals surface area contributed by atoms with Gasteiger partial charge in [-0.3, -0.25) is 24.2 Å². The van der Waals surface area contributed by atoms with E-state index in [1.54, 1.807) is 26.1 Å². The van der Waals surface area contributed by atoms with Crippen LogP contribution in [0.3, 0.4) is 0 Å². The van der Waals surface area contributed by atoms with E-state index in [0.717, 1.165) is 10.9 Å². The Hall–Kier alpha value is -4.66. The number of carbonyl (C=O) groups excluding carboxylic acids is 4. The first-order valence-corrected chi connectivity index (χ1v) is 13.1. The van der Waals surface area contributed by atoms with Crippen molar-refractivity contribution in [2.75, 3.05) is 6.54 Å². The number of hydrogen-bond acceptors (Lipinski definition) is 7. The van der Waals surface area contributed by atoms with E-state index in [4.69, 9.17) is 22.9 Å². The Labute approximate surface area is 236 Å². The third kappa shape index (κ3) is 10.1. The van der Waals surface area contributed by atoms with Gasteiger partial charge in [0.25, 0.3) is 0 Å². The molecule has 1 aromatic heterocycles. The second-order valence-electron chi connectivity index (χ2n) is 9.97. The molecule has 41 heavy (non-hydrogen) atoms. The lowest BCUT2D eigenvalue weighted by Gasteiger charge is -2.25. The monoisotopic (exact) mass is 573 g/mol. The van der Waals surface area contributed by atoms with Crippen LogP contribution in [0.1, 0.15) is 38.7 Å². The van der Waals surface area contributed by atoms with Crippen LogP contribution in [-0.4, -0.2) is 76.4 Å². The first-order chi connectivity index (χ1) is 19.3. The van der Waals surface area contributed by atoms with Crippen LogP contribution in [-0.2, 0) is 30.4 Å². The maximum Gasteiger partial charge on any atom is 0.326 e. The Morgan fingerprint density at radius 2 is 1.54 bits per heavy atom. The highest BCUT2D eigenvalue weighted by Gasteiger charge is 2.31. The minimum atomic E-state index is -1.61. The summed E-state index contributed by atoms with van der Waals surface area (Å²) < 4.78 is 0. The average molecular weight is 574 g/mol. The molecule has 0 radical (unpaired) electrons. The number of rotatable bonds is 16. The Balaban J connectivity index is 2.35. The Morgan fingerprint density at radius 3 is 2.15 bits per heavy atom. The molecule has 0 aliphatic carbocycles. The second kappa shape index (κ2) is 15.2. The number of amides is 4. The van der Waals surface area contributed by atoms with Gasteiger partial charge in [-0.15, -0.1) is 0 Å². The summed E-state index contributed by atoms with van der Waals surface area (Å²) in [5.74, 6) is -4.87. The zero-order chi connectivity index (χ0) is 30.7. The number of para-hydroxylation sites is 1. The van der Waals surface area contributed by atoms with Crippen LogP contribution < -0.4 is 38.9 Å². The zero-order valence-corrected chi connectivity index (χ0v) is 23.1. The Bertz CT molecular complexity index is 1270. The summed E-state index contributed by atoms with van der Waals surface area (Å²) in [6.45, 7) is 3.69. The topological polar surface area (TPSA) is 274 Å². The fourth-order valence-electron chi connectivity index (χ4n) is 4.02. The number of carboxylic acids is 1. The highest BCUT2D eigenvalue weighted by Crippen LogP contribution is 2.19. The number of aromatic nitrogens is 1. The number of nitrogens with zero attached hydrogens (tertiary/aromatic N) is 1. The number of aliphatic carboxylic acids is 1. The van der Waals surface area contributed by atoms with Crippen LogP contribution in [0.4, 0.5) is 0 Å². The molecule has 0 fully saturated rings. The van der Waals surface area contributed by atoms with E-state index in [1.165, 1.54) is 0 Å². The fourth-order valence-corrected chi connectivity index (χ4v) is 4.02. The van der Waals surface area contributed by atoms with Gasteiger partial charge in [0.2, 0.25) is 23.6 Å². The Kier molecular flexibility index (Phi) is 12.1. The van der Waals surface area contributed by atoms with E-state index >= 15 is 0 Å². The number of carbonyl (C=O) groups is 5. The van der Waals surface area contributed by atoms with Gasteiger partial charge < -0.3 is 49.0 Å². The van der Waals surface area contributed by atoms with Crippen molar-refractivity contribution in [2.45, 2.75) is 63.7 Å². The van der Waals surface area contributed by atoms with E-state index < -0.39 is 60.2 Å². The number of fused-ring (bicyclic) bond motifs is 1. The largest absolute Gasteiger partial charge is 0.480 e. The molecule has 1 heterocycles. The van der Waals surface area contributed by atoms with Crippen molar-refractivity contribution in [2.24, 2.45) is 33.8 Å². The number of benzene rings is 1. The van der Waals surface area contributed by atoms with Gasteiger partial charge in [-0.25, -0.2) is 4.79 Å². The number of aromatic amines is 1. The molecular formula is C26H39N9O6. The van der Waals surface area contributed by atoms with Gasteiger partial charge in [-0.1, -0.05) is 32.0 Å². The number of guanidine groups is 1. The van der Waals surface area contributed by atoms with Gasteiger partial charge in [0.1, 0.15) is 18.1 Å². The molecule has 13 N–H and O–H groups in total. The second-order valence-corrected chi connectivity index (χ2v) is 9.97. The van der Waals surface area contributed by atoms with Crippen molar-refractivity contribution in [3.8, 4) is 0 Å².